The molecule has 0 aromatic heterocycles. The van der Waals surface area contributed by atoms with Gasteiger partial charge in [0, 0.05) is 7.05 Å². The van der Waals surface area contributed by atoms with Gasteiger partial charge in [-0.1, -0.05) is 11.6 Å². The quantitative estimate of drug-likeness (QED) is 0.812. The van der Waals surface area contributed by atoms with E-state index in [2.05, 4.69) is 5.32 Å². The largest absolute Gasteiger partial charge is 0.493 e. The molecule has 4 nitrogen and oxygen atoms in total. The predicted molar refractivity (Wildman–Crippen MR) is 65.8 cm³/mol. The van der Waals surface area contributed by atoms with Crippen LogP contribution < -0.4 is 20.5 Å². The third-order valence-corrected chi connectivity index (χ3v) is 2.18. The lowest BCUT2D eigenvalue weighted by molar-refractivity contribution is 0.399. The molecular formula is C9H14Cl2N2O2. The number of benzene rings is 1. The SMILES string of the molecule is CNc1cc(Cl)c(OC)c(N)c1OC.Cl. The molecule has 0 saturated carbocycles. The predicted octanol–water partition coefficient (Wildman–Crippen LogP) is 2.40. The number of nitrogen functional groups attached to an aromatic ring is 1. The van der Waals surface area contributed by atoms with Crippen molar-refractivity contribution in [3.63, 3.8) is 0 Å². The maximum atomic E-state index is 5.94. The fourth-order valence-electron chi connectivity index (χ4n) is 1.25. The summed E-state index contributed by atoms with van der Waals surface area (Å²) in [5.74, 6) is 0.969. The summed E-state index contributed by atoms with van der Waals surface area (Å²) < 4.78 is 10.2. The standard InChI is InChI=1S/C9H13ClN2O2.ClH/c1-12-6-4-5(10)8(13-2)7(11)9(6)14-3;/h4,12H,11H2,1-3H3;1H. The molecule has 0 spiro atoms. The van der Waals surface area contributed by atoms with Gasteiger partial charge in [0.2, 0.25) is 0 Å². The molecule has 1 rings (SSSR count). The first-order chi connectivity index (χ1) is 6.65. The van der Waals surface area contributed by atoms with Gasteiger partial charge in [-0.25, -0.2) is 0 Å². The van der Waals surface area contributed by atoms with E-state index in [1.54, 1.807) is 20.2 Å². The fourth-order valence-corrected chi connectivity index (χ4v) is 1.54. The molecule has 0 heterocycles. The number of nitrogens with one attached hydrogen (secondary N) is 1. The molecule has 0 saturated heterocycles. The molecule has 0 unspecified atom stereocenters. The van der Waals surface area contributed by atoms with E-state index in [9.17, 15) is 0 Å². The van der Waals surface area contributed by atoms with Crippen LogP contribution in [0.1, 0.15) is 0 Å². The van der Waals surface area contributed by atoms with Gasteiger partial charge in [-0.3, -0.25) is 0 Å². The molecule has 1 aromatic carbocycles. The maximum absolute atomic E-state index is 5.94. The van der Waals surface area contributed by atoms with Crippen LogP contribution in [0.3, 0.4) is 0 Å². The zero-order chi connectivity index (χ0) is 10.7. The van der Waals surface area contributed by atoms with Gasteiger partial charge in [-0.2, -0.15) is 0 Å². The fraction of sp³-hybridized carbons (Fsp3) is 0.333. The molecule has 3 N–H and O–H groups in total. The lowest BCUT2D eigenvalue weighted by Gasteiger charge is -2.14. The van der Waals surface area contributed by atoms with E-state index in [-0.39, 0.29) is 12.4 Å². The van der Waals surface area contributed by atoms with E-state index < -0.39 is 0 Å². The zero-order valence-corrected chi connectivity index (χ0v) is 10.3. The summed E-state index contributed by atoms with van der Waals surface area (Å²) in [6.45, 7) is 0. The summed E-state index contributed by atoms with van der Waals surface area (Å²) in [7, 11) is 4.82. The Kier molecular flexibility index (Phi) is 5.39. The summed E-state index contributed by atoms with van der Waals surface area (Å²) in [5.41, 5.74) is 6.93. The van der Waals surface area contributed by atoms with Crippen LogP contribution in [-0.4, -0.2) is 21.3 Å². The van der Waals surface area contributed by atoms with Gasteiger partial charge < -0.3 is 20.5 Å². The van der Waals surface area contributed by atoms with Crippen molar-refractivity contribution in [3.05, 3.63) is 11.1 Å². The number of anilines is 2. The average Bonchev–Trinajstić information content (AvgIpc) is 2.17. The highest BCUT2D eigenvalue weighted by atomic mass is 35.5. The van der Waals surface area contributed by atoms with Crippen molar-refractivity contribution in [2.75, 3.05) is 32.3 Å². The minimum atomic E-state index is 0. The second-order valence-corrected chi connectivity index (χ2v) is 3.04. The van der Waals surface area contributed by atoms with Crippen molar-refractivity contribution in [1.82, 2.24) is 0 Å². The molecule has 86 valence electrons. The molecular weight excluding hydrogens is 239 g/mol. The van der Waals surface area contributed by atoms with Crippen molar-refractivity contribution in [1.29, 1.82) is 0 Å². The molecule has 0 fully saturated rings. The molecule has 15 heavy (non-hydrogen) atoms. The Labute approximate surface area is 100 Å². The van der Waals surface area contributed by atoms with Crippen LogP contribution in [-0.2, 0) is 0 Å². The van der Waals surface area contributed by atoms with Gasteiger partial charge in [0.1, 0.15) is 5.69 Å². The van der Waals surface area contributed by atoms with Crippen LogP contribution in [0.15, 0.2) is 6.07 Å². The van der Waals surface area contributed by atoms with Crippen molar-refractivity contribution < 1.29 is 9.47 Å². The number of rotatable bonds is 3. The van der Waals surface area contributed by atoms with Gasteiger partial charge in [-0.05, 0) is 6.07 Å². The molecule has 0 aliphatic heterocycles. The molecule has 0 amide bonds. The molecule has 6 heteroatoms. The first-order valence-corrected chi connectivity index (χ1v) is 4.41. The van der Waals surface area contributed by atoms with Gasteiger partial charge in [0.15, 0.2) is 11.5 Å². The van der Waals surface area contributed by atoms with Crippen LogP contribution >= 0.6 is 24.0 Å². The third kappa shape index (κ3) is 2.52. The highest BCUT2D eigenvalue weighted by Gasteiger charge is 2.15. The van der Waals surface area contributed by atoms with E-state index >= 15 is 0 Å². The number of hydrogen-bond donors (Lipinski definition) is 2. The number of hydrogen-bond acceptors (Lipinski definition) is 4. The second-order valence-electron chi connectivity index (χ2n) is 2.64. The minimum Gasteiger partial charge on any atom is -0.493 e. The lowest BCUT2D eigenvalue weighted by atomic mass is 10.2. The first-order valence-electron chi connectivity index (χ1n) is 4.03. The van der Waals surface area contributed by atoms with E-state index in [4.69, 9.17) is 26.8 Å². The Morgan fingerprint density at radius 2 is 1.80 bits per heavy atom. The monoisotopic (exact) mass is 252 g/mol. The number of ether oxygens (including phenoxy) is 2. The highest BCUT2D eigenvalue weighted by Crippen LogP contribution is 2.43. The summed E-state index contributed by atoms with van der Waals surface area (Å²) in [6.07, 6.45) is 0. The lowest BCUT2D eigenvalue weighted by Crippen LogP contribution is -2.01. The minimum absolute atomic E-state index is 0. The third-order valence-electron chi connectivity index (χ3n) is 1.90. The Bertz CT molecular complexity index is 345. The Morgan fingerprint density at radius 1 is 1.27 bits per heavy atom. The molecule has 0 radical (unpaired) electrons. The smallest absolute Gasteiger partial charge is 0.168 e. The number of methoxy groups -OCH3 is 2. The van der Waals surface area contributed by atoms with E-state index in [1.807, 2.05) is 0 Å². The van der Waals surface area contributed by atoms with Crippen LogP contribution in [0.2, 0.25) is 5.02 Å². The van der Waals surface area contributed by atoms with Gasteiger partial charge in [0.25, 0.3) is 0 Å². The first kappa shape index (κ1) is 14.0. The van der Waals surface area contributed by atoms with Gasteiger partial charge in [0.05, 0.1) is 24.9 Å². The highest BCUT2D eigenvalue weighted by molar-refractivity contribution is 6.33. The van der Waals surface area contributed by atoms with Crippen LogP contribution in [0.25, 0.3) is 0 Å². The van der Waals surface area contributed by atoms with Gasteiger partial charge in [-0.15, -0.1) is 12.4 Å². The van der Waals surface area contributed by atoms with Crippen LogP contribution in [0, 0.1) is 0 Å². The van der Waals surface area contributed by atoms with Crippen LogP contribution in [0.5, 0.6) is 11.5 Å². The number of halogens is 2. The molecule has 1 aromatic rings. The maximum Gasteiger partial charge on any atom is 0.168 e. The summed E-state index contributed by atoms with van der Waals surface area (Å²) in [6, 6.07) is 1.70. The Morgan fingerprint density at radius 3 is 2.20 bits per heavy atom. The molecule has 0 aliphatic rings. The van der Waals surface area contributed by atoms with Crippen molar-refractivity contribution in [2.45, 2.75) is 0 Å². The Hall–Kier alpha value is -1.00. The zero-order valence-electron chi connectivity index (χ0n) is 8.76. The van der Waals surface area contributed by atoms with Crippen molar-refractivity contribution >= 4 is 35.4 Å². The van der Waals surface area contributed by atoms with Crippen molar-refractivity contribution in [3.8, 4) is 11.5 Å². The Balaban J connectivity index is 0.00000196. The number of nitrogens with two attached hydrogens (primary N) is 1. The van der Waals surface area contributed by atoms with Gasteiger partial charge >= 0.3 is 0 Å². The second kappa shape index (κ2) is 5.78. The van der Waals surface area contributed by atoms with E-state index in [0.29, 0.717) is 22.2 Å². The van der Waals surface area contributed by atoms with Crippen molar-refractivity contribution in [2.24, 2.45) is 0 Å². The molecule has 0 bridgehead atoms. The van der Waals surface area contributed by atoms with E-state index in [1.165, 1.54) is 7.11 Å². The molecule has 0 atom stereocenters. The summed E-state index contributed by atoms with van der Waals surface area (Å²) in [5, 5.41) is 3.39. The topological polar surface area (TPSA) is 56.5 Å². The summed E-state index contributed by atoms with van der Waals surface area (Å²) in [4.78, 5) is 0. The van der Waals surface area contributed by atoms with E-state index in [0.717, 1.165) is 5.69 Å². The molecule has 0 aliphatic carbocycles. The summed E-state index contributed by atoms with van der Waals surface area (Å²) >= 11 is 5.94. The normalized spacial score (nSPS) is 9.07. The van der Waals surface area contributed by atoms with Crippen LogP contribution in [0.4, 0.5) is 11.4 Å². The average molecular weight is 253 g/mol.